The quantitative estimate of drug-likeness (QED) is 0.908. The van der Waals surface area contributed by atoms with Crippen LogP contribution in [0.15, 0.2) is 12.4 Å². The van der Waals surface area contributed by atoms with E-state index in [1.807, 2.05) is 12.4 Å². The Kier molecular flexibility index (Phi) is 4.91. The Bertz CT molecular complexity index is 384. The number of anilines is 1. The Labute approximate surface area is 117 Å². The smallest absolute Gasteiger partial charge is 0.146 e. The molecule has 0 atom stereocenters. The van der Waals surface area contributed by atoms with E-state index in [0.29, 0.717) is 0 Å². The van der Waals surface area contributed by atoms with Crippen LogP contribution >= 0.6 is 0 Å². The van der Waals surface area contributed by atoms with Crippen molar-refractivity contribution in [3.63, 3.8) is 0 Å². The first kappa shape index (κ1) is 15.9. The molecule has 0 amide bonds. The summed E-state index contributed by atoms with van der Waals surface area (Å²) < 4.78 is 0. The van der Waals surface area contributed by atoms with Crippen LogP contribution in [0.1, 0.15) is 47.2 Å². The van der Waals surface area contributed by atoms with Crippen molar-refractivity contribution < 1.29 is 0 Å². The first-order chi connectivity index (χ1) is 8.57. The summed E-state index contributed by atoms with van der Waals surface area (Å²) in [4.78, 5) is 11.1. The SMILES string of the molecule is CN(CC(C)(C)C)c1cnc(CNC(C)(C)C)cn1. The molecule has 0 spiro atoms. The van der Waals surface area contributed by atoms with Crippen molar-refractivity contribution in [3.8, 4) is 0 Å². The van der Waals surface area contributed by atoms with E-state index in [9.17, 15) is 0 Å². The number of nitrogens with zero attached hydrogens (tertiary/aromatic N) is 3. The fourth-order valence-corrected chi connectivity index (χ4v) is 1.78. The lowest BCUT2D eigenvalue weighted by Crippen LogP contribution is -2.35. The fraction of sp³-hybridized carbons (Fsp3) is 0.733. The number of hydrogen-bond donors (Lipinski definition) is 1. The number of aromatic nitrogens is 2. The van der Waals surface area contributed by atoms with E-state index in [1.54, 1.807) is 0 Å². The van der Waals surface area contributed by atoms with Gasteiger partial charge < -0.3 is 10.2 Å². The summed E-state index contributed by atoms with van der Waals surface area (Å²) in [7, 11) is 2.06. The standard InChI is InChI=1S/C15H28N4/c1-14(2,3)11-19(7)13-10-16-12(8-17-13)9-18-15(4,5)6/h8,10,18H,9,11H2,1-7H3. The van der Waals surface area contributed by atoms with Crippen LogP contribution in [0.5, 0.6) is 0 Å². The van der Waals surface area contributed by atoms with Crippen LogP contribution in [0.4, 0.5) is 5.82 Å². The Morgan fingerprint density at radius 1 is 1.05 bits per heavy atom. The van der Waals surface area contributed by atoms with Gasteiger partial charge in [-0.15, -0.1) is 0 Å². The van der Waals surface area contributed by atoms with Crippen LogP contribution < -0.4 is 10.2 Å². The van der Waals surface area contributed by atoms with Crippen molar-refractivity contribution >= 4 is 5.82 Å². The third-order valence-electron chi connectivity index (χ3n) is 2.59. The number of nitrogens with one attached hydrogen (secondary N) is 1. The molecule has 1 N–H and O–H groups in total. The van der Waals surface area contributed by atoms with Crippen molar-refractivity contribution in [2.24, 2.45) is 5.41 Å². The lowest BCUT2D eigenvalue weighted by molar-refractivity contribution is 0.416. The van der Waals surface area contributed by atoms with Gasteiger partial charge in [0.1, 0.15) is 5.82 Å². The average Bonchev–Trinajstić information content (AvgIpc) is 2.23. The van der Waals surface area contributed by atoms with Gasteiger partial charge in [0.25, 0.3) is 0 Å². The molecule has 0 radical (unpaired) electrons. The van der Waals surface area contributed by atoms with Crippen molar-refractivity contribution in [3.05, 3.63) is 18.1 Å². The molecule has 4 heteroatoms. The third-order valence-corrected chi connectivity index (χ3v) is 2.59. The second-order valence-corrected chi connectivity index (χ2v) is 7.39. The molecule has 1 aromatic heterocycles. The van der Waals surface area contributed by atoms with E-state index < -0.39 is 0 Å². The second-order valence-electron chi connectivity index (χ2n) is 7.39. The Morgan fingerprint density at radius 2 is 1.68 bits per heavy atom. The number of hydrogen-bond acceptors (Lipinski definition) is 4. The molecular formula is C15H28N4. The van der Waals surface area contributed by atoms with Crippen LogP contribution in [0.3, 0.4) is 0 Å². The normalized spacial score (nSPS) is 12.6. The Morgan fingerprint density at radius 3 is 2.11 bits per heavy atom. The van der Waals surface area contributed by atoms with Gasteiger partial charge in [0, 0.05) is 25.7 Å². The van der Waals surface area contributed by atoms with Crippen molar-refractivity contribution in [1.82, 2.24) is 15.3 Å². The number of rotatable bonds is 4. The molecule has 0 saturated carbocycles. The van der Waals surface area contributed by atoms with Gasteiger partial charge in [-0.1, -0.05) is 20.8 Å². The maximum absolute atomic E-state index is 4.49. The molecule has 0 aliphatic carbocycles. The highest BCUT2D eigenvalue weighted by Gasteiger charge is 2.15. The van der Waals surface area contributed by atoms with Crippen molar-refractivity contribution in [1.29, 1.82) is 0 Å². The molecule has 0 unspecified atom stereocenters. The fourth-order valence-electron chi connectivity index (χ4n) is 1.78. The van der Waals surface area contributed by atoms with Gasteiger partial charge in [-0.25, -0.2) is 4.98 Å². The molecule has 0 aliphatic rings. The van der Waals surface area contributed by atoms with Gasteiger partial charge in [0.05, 0.1) is 18.1 Å². The summed E-state index contributed by atoms with van der Waals surface area (Å²) >= 11 is 0. The summed E-state index contributed by atoms with van der Waals surface area (Å²) in [6.07, 6.45) is 3.71. The van der Waals surface area contributed by atoms with Crippen LogP contribution in [0, 0.1) is 5.41 Å². The van der Waals surface area contributed by atoms with E-state index in [2.05, 4.69) is 68.8 Å². The monoisotopic (exact) mass is 264 g/mol. The maximum atomic E-state index is 4.49. The minimum Gasteiger partial charge on any atom is -0.358 e. The molecule has 108 valence electrons. The van der Waals surface area contributed by atoms with E-state index in [4.69, 9.17) is 0 Å². The van der Waals surface area contributed by atoms with E-state index >= 15 is 0 Å². The minimum absolute atomic E-state index is 0.101. The highest BCUT2D eigenvalue weighted by atomic mass is 15.2. The van der Waals surface area contributed by atoms with E-state index in [0.717, 1.165) is 24.6 Å². The first-order valence-corrected chi connectivity index (χ1v) is 6.84. The van der Waals surface area contributed by atoms with E-state index in [-0.39, 0.29) is 11.0 Å². The summed E-state index contributed by atoms with van der Waals surface area (Å²) in [6.45, 7) is 14.8. The molecule has 0 aliphatic heterocycles. The summed E-state index contributed by atoms with van der Waals surface area (Å²) in [5.41, 5.74) is 1.33. The highest BCUT2D eigenvalue weighted by Crippen LogP contribution is 2.17. The predicted octanol–water partition coefficient (Wildman–Crippen LogP) is 2.85. The minimum atomic E-state index is 0.101. The zero-order valence-corrected chi connectivity index (χ0v) is 13.4. The van der Waals surface area contributed by atoms with Crippen LogP contribution in [-0.2, 0) is 6.54 Å². The lowest BCUT2D eigenvalue weighted by Gasteiger charge is -2.27. The molecule has 1 rings (SSSR count). The molecule has 4 nitrogen and oxygen atoms in total. The Hall–Kier alpha value is -1.16. The van der Waals surface area contributed by atoms with Crippen LogP contribution in [-0.4, -0.2) is 29.1 Å². The van der Waals surface area contributed by atoms with Crippen molar-refractivity contribution in [2.45, 2.75) is 53.6 Å². The van der Waals surface area contributed by atoms with Crippen LogP contribution in [0.25, 0.3) is 0 Å². The average molecular weight is 264 g/mol. The molecule has 1 heterocycles. The third kappa shape index (κ3) is 6.53. The van der Waals surface area contributed by atoms with E-state index in [1.165, 1.54) is 0 Å². The molecule has 0 fully saturated rings. The van der Waals surface area contributed by atoms with Gasteiger partial charge in [-0.2, -0.15) is 0 Å². The van der Waals surface area contributed by atoms with Crippen LogP contribution in [0.2, 0.25) is 0 Å². The molecular weight excluding hydrogens is 236 g/mol. The highest BCUT2D eigenvalue weighted by molar-refractivity contribution is 5.34. The van der Waals surface area contributed by atoms with Gasteiger partial charge >= 0.3 is 0 Å². The van der Waals surface area contributed by atoms with Crippen molar-refractivity contribution in [2.75, 3.05) is 18.5 Å². The zero-order valence-electron chi connectivity index (χ0n) is 13.4. The zero-order chi connectivity index (χ0) is 14.7. The van der Waals surface area contributed by atoms with Gasteiger partial charge in [-0.3, -0.25) is 4.98 Å². The summed E-state index contributed by atoms with van der Waals surface area (Å²) in [6, 6.07) is 0. The molecule has 19 heavy (non-hydrogen) atoms. The summed E-state index contributed by atoms with van der Waals surface area (Å²) in [5, 5.41) is 3.41. The van der Waals surface area contributed by atoms with Gasteiger partial charge in [0.2, 0.25) is 0 Å². The topological polar surface area (TPSA) is 41.1 Å². The largest absolute Gasteiger partial charge is 0.358 e. The Balaban J connectivity index is 2.61. The van der Waals surface area contributed by atoms with Gasteiger partial charge in [-0.05, 0) is 26.2 Å². The molecule has 1 aromatic rings. The second kappa shape index (κ2) is 5.87. The summed E-state index contributed by atoms with van der Waals surface area (Å²) in [5.74, 6) is 0.925. The molecule has 0 saturated heterocycles. The maximum Gasteiger partial charge on any atom is 0.146 e. The molecule has 0 aromatic carbocycles. The van der Waals surface area contributed by atoms with Gasteiger partial charge in [0.15, 0.2) is 0 Å². The molecule has 0 bridgehead atoms. The predicted molar refractivity (Wildman–Crippen MR) is 81.3 cm³/mol. The first-order valence-electron chi connectivity index (χ1n) is 6.84. The lowest BCUT2D eigenvalue weighted by atomic mass is 9.96.